The van der Waals surface area contributed by atoms with Crippen LogP contribution in [0.3, 0.4) is 0 Å². The summed E-state index contributed by atoms with van der Waals surface area (Å²) in [7, 11) is -8.78. The molecule has 14 heteroatoms. The Morgan fingerprint density at radius 1 is 0.510 bits per heavy atom. The molecule has 0 saturated carbocycles. The molecule has 248 valence electrons. The highest BCUT2D eigenvalue weighted by atomic mass is 32.2. The van der Waals surface area contributed by atoms with Crippen molar-refractivity contribution in [3.8, 4) is 11.5 Å². The molecular weight excluding hydrogens is 669 g/mol. The smallest absolute Gasteiger partial charge is 0.294 e. The van der Waals surface area contributed by atoms with Crippen LogP contribution in [-0.2, 0) is 26.7 Å². The third-order valence-corrected chi connectivity index (χ3v) is 9.74. The molecule has 0 bridgehead atoms. The van der Waals surface area contributed by atoms with E-state index in [9.17, 15) is 36.2 Å². The van der Waals surface area contributed by atoms with Gasteiger partial charge in [-0.15, -0.1) is 10.2 Å². The third kappa shape index (κ3) is 7.17. The van der Waals surface area contributed by atoms with E-state index in [1.54, 1.807) is 12.1 Å². The number of nitrogens with zero attached hydrogens (tertiary/aromatic N) is 4. The zero-order valence-corrected chi connectivity index (χ0v) is 27.6. The Kier molecular flexibility index (Phi) is 8.73. The van der Waals surface area contributed by atoms with Crippen molar-refractivity contribution in [2.24, 2.45) is 20.5 Å². The summed E-state index contributed by atoms with van der Waals surface area (Å²) in [5.41, 5.74) is 5.44. The van der Waals surface area contributed by atoms with Gasteiger partial charge in [0.2, 0.25) is 0 Å². The summed E-state index contributed by atoms with van der Waals surface area (Å²) in [4.78, 5) is -0.534. The second-order valence-electron chi connectivity index (χ2n) is 11.4. The first-order valence-corrected chi connectivity index (χ1v) is 17.5. The number of phenolic OH excluding ortho intramolecular Hbond substituents is 2. The lowest BCUT2D eigenvalue weighted by Gasteiger charge is -2.10. The summed E-state index contributed by atoms with van der Waals surface area (Å²) in [6, 6.07) is 25.0. The lowest BCUT2D eigenvalue weighted by molar-refractivity contribution is 0.476. The van der Waals surface area contributed by atoms with E-state index in [4.69, 9.17) is 0 Å². The average molecular weight is 697 g/mol. The highest BCUT2D eigenvalue weighted by Gasteiger charge is 2.15. The van der Waals surface area contributed by atoms with Crippen molar-refractivity contribution in [1.82, 2.24) is 0 Å². The molecule has 0 aliphatic heterocycles. The van der Waals surface area contributed by atoms with Crippen molar-refractivity contribution >= 4 is 64.5 Å². The largest absolute Gasteiger partial charge is 0.506 e. The molecule has 0 heterocycles. The van der Waals surface area contributed by atoms with Crippen molar-refractivity contribution in [3.63, 3.8) is 0 Å². The molecule has 0 atom stereocenters. The minimum absolute atomic E-state index is 0.133. The maximum Gasteiger partial charge on any atom is 0.294 e. The molecule has 12 nitrogen and oxygen atoms in total. The summed E-state index contributed by atoms with van der Waals surface area (Å²) in [6.07, 6.45) is 0.618. The minimum atomic E-state index is -4.39. The third-order valence-electron chi connectivity index (χ3n) is 8.04. The second kappa shape index (κ2) is 12.8. The molecule has 0 aliphatic carbocycles. The van der Waals surface area contributed by atoms with Gasteiger partial charge in [0.25, 0.3) is 20.2 Å². The van der Waals surface area contributed by atoms with E-state index in [-0.39, 0.29) is 32.7 Å². The number of aromatic hydroxyl groups is 2. The van der Waals surface area contributed by atoms with Crippen LogP contribution in [0.2, 0.25) is 0 Å². The van der Waals surface area contributed by atoms with Crippen molar-refractivity contribution in [1.29, 1.82) is 0 Å². The lowest BCUT2D eigenvalue weighted by atomic mass is 9.97. The van der Waals surface area contributed by atoms with Gasteiger partial charge in [0, 0.05) is 10.8 Å². The van der Waals surface area contributed by atoms with Crippen molar-refractivity contribution < 1.29 is 36.2 Å². The molecule has 6 aromatic carbocycles. The van der Waals surface area contributed by atoms with Gasteiger partial charge in [0.05, 0.1) is 21.2 Å². The normalized spacial score (nSPS) is 12.5. The molecule has 6 rings (SSSR count). The number of rotatable bonds is 8. The van der Waals surface area contributed by atoms with Gasteiger partial charge in [-0.05, 0) is 114 Å². The van der Waals surface area contributed by atoms with Gasteiger partial charge < -0.3 is 10.2 Å². The van der Waals surface area contributed by atoms with E-state index in [1.165, 1.54) is 60.7 Å². The minimum Gasteiger partial charge on any atom is -0.506 e. The highest BCUT2D eigenvalue weighted by Crippen LogP contribution is 2.39. The number of benzene rings is 6. The van der Waals surface area contributed by atoms with E-state index < -0.39 is 20.2 Å². The molecule has 0 amide bonds. The van der Waals surface area contributed by atoms with Crippen molar-refractivity contribution in [3.05, 3.63) is 119 Å². The lowest BCUT2D eigenvalue weighted by Crippen LogP contribution is -1.97. The first-order chi connectivity index (χ1) is 23.2. The first-order valence-electron chi connectivity index (χ1n) is 14.7. The Bertz CT molecular complexity index is 2410. The van der Waals surface area contributed by atoms with Gasteiger partial charge >= 0.3 is 0 Å². The number of fused-ring (bicyclic) bond motifs is 2. The topological polar surface area (TPSA) is 199 Å². The zero-order chi connectivity index (χ0) is 35.1. The van der Waals surface area contributed by atoms with E-state index >= 15 is 0 Å². The van der Waals surface area contributed by atoms with E-state index in [0.29, 0.717) is 39.3 Å². The summed E-state index contributed by atoms with van der Waals surface area (Å²) < 4.78 is 64.8. The summed E-state index contributed by atoms with van der Waals surface area (Å²) in [5.74, 6) is -0.267. The molecule has 0 spiro atoms. The fourth-order valence-corrected chi connectivity index (χ4v) is 6.42. The maximum absolute atomic E-state index is 11.5. The van der Waals surface area contributed by atoms with Crippen LogP contribution in [0, 0.1) is 13.8 Å². The van der Waals surface area contributed by atoms with Crippen LogP contribution in [-0.4, -0.2) is 36.2 Å². The van der Waals surface area contributed by atoms with Crippen LogP contribution >= 0.6 is 0 Å². The molecule has 0 radical (unpaired) electrons. The Labute approximate surface area is 281 Å². The van der Waals surface area contributed by atoms with Crippen LogP contribution in [0.4, 0.5) is 22.7 Å². The quantitative estimate of drug-likeness (QED) is 0.0892. The Morgan fingerprint density at radius 3 is 1.29 bits per heavy atom. The average Bonchev–Trinajstić information content (AvgIpc) is 3.04. The van der Waals surface area contributed by atoms with Gasteiger partial charge in [-0.3, -0.25) is 9.11 Å². The zero-order valence-electron chi connectivity index (χ0n) is 26.0. The molecular formula is C35H28N4O8S2. The van der Waals surface area contributed by atoms with E-state index in [2.05, 4.69) is 20.5 Å². The molecule has 0 unspecified atom stereocenters. The molecule has 0 saturated heterocycles. The number of azo groups is 2. The van der Waals surface area contributed by atoms with Crippen LogP contribution in [0.5, 0.6) is 11.5 Å². The van der Waals surface area contributed by atoms with Gasteiger partial charge in [-0.2, -0.15) is 27.1 Å². The fourth-order valence-electron chi connectivity index (χ4n) is 5.39. The predicted octanol–water partition coefficient (Wildman–Crippen LogP) is 8.94. The van der Waals surface area contributed by atoms with Crippen molar-refractivity contribution in [2.75, 3.05) is 0 Å². The summed E-state index contributed by atoms with van der Waals surface area (Å²) in [5, 5.41) is 39.8. The number of hydrogen-bond donors (Lipinski definition) is 4. The first kappa shape index (κ1) is 33.4. The molecule has 0 aliphatic rings. The molecule has 0 fully saturated rings. The highest BCUT2D eigenvalue weighted by molar-refractivity contribution is 7.86. The fraction of sp³-hybridized carbons (Fsp3) is 0.0857. The summed E-state index contributed by atoms with van der Waals surface area (Å²) in [6.45, 7) is 3.90. The van der Waals surface area contributed by atoms with Gasteiger partial charge in [-0.25, -0.2) is 0 Å². The second-order valence-corrected chi connectivity index (χ2v) is 14.2. The van der Waals surface area contributed by atoms with Crippen molar-refractivity contribution in [2.45, 2.75) is 30.1 Å². The molecule has 49 heavy (non-hydrogen) atoms. The molecule has 4 N–H and O–H groups in total. The summed E-state index contributed by atoms with van der Waals surface area (Å²) >= 11 is 0. The van der Waals surface area contributed by atoms with Gasteiger partial charge in [0.15, 0.2) is 0 Å². The monoisotopic (exact) mass is 696 g/mol. The van der Waals surface area contributed by atoms with Crippen LogP contribution < -0.4 is 0 Å². The number of phenols is 2. The number of hydrogen-bond acceptors (Lipinski definition) is 10. The van der Waals surface area contributed by atoms with Crippen LogP contribution in [0.25, 0.3) is 21.5 Å². The SMILES string of the molecule is Cc1cc(N=Nc2c(O)ccc3cc(S(=O)(=O)O)ccc23)ccc1Cc1ccc(N=Nc2c(O)ccc3cc(S(=O)(=O)O)ccc23)cc1C. The Morgan fingerprint density at radius 2 is 0.918 bits per heavy atom. The Balaban J connectivity index is 1.20. The molecule has 6 aromatic rings. The van der Waals surface area contributed by atoms with E-state index in [0.717, 1.165) is 22.3 Å². The molecule has 0 aromatic heterocycles. The standard InChI is InChI=1S/C35H28N4O8S2/c1-20-15-26(36-38-34-30-11-9-28(48(42,43)44)18-24(30)5-13-32(34)40)7-3-22(20)17-23-4-8-27(16-21(23)2)37-39-35-31-12-10-29(49(45,46)47)19-25(31)6-14-33(35)41/h3-16,18-19,40-41H,17H2,1-2H3,(H,42,43,44)(H,45,46,47). The maximum atomic E-state index is 11.5. The van der Waals surface area contributed by atoms with Crippen LogP contribution in [0.15, 0.2) is 127 Å². The van der Waals surface area contributed by atoms with Crippen LogP contribution in [0.1, 0.15) is 22.3 Å². The van der Waals surface area contributed by atoms with Gasteiger partial charge in [-0.1, -0.05) is 36.4 Å². The van der Waals surface area contributed by atoms with Gasteiger partial charge in [0.1, 0.15) is 22.9 Å². The Hall–Kier alpha value is -5.54. The number of aryl methyl sites for hydroxylation is 2. The predicted molar refractivity (Wildman–Crippen MR) is 184 cm³/mol. The van der Waals surface area contributed by atoms with E-state index in [1.807, 2.05) is 38.1 Å².